The molecular formula is C52H103NO5. The van der Waals surface area contributed by atoms with Crippen LogP contribution in [0.5, 0.6) is 0 Å². The molecule has 58 heavy (non-hydrogen) atoms. The van der Waals surface area contributed by atoms with Crippen molar-refractivity contribution in [3.8, 4) is 0 Å². The van der Waals surface area contributed by atoms with Crippen molar-refractivity contribution in [1.29, 1.82) is 0 Å². The van der Waals surface area contributed by atoms with Crippen molar-refractivity contribution in [2.75, 3.05) is 6.61 Å². The fraction of sp³-hybridized carbons (Fsp3) is 0.962. The predicted octanol–water partition coefficient (Wildman–Crippen LogP) is 15.6. The zero-order valence-corrected chi connectivity index (χ0v) is 39.5. The molecule has 0 heterocycles. The van der Waals surface area contributed by atoms with E-state index < -0.39 is 18.2 Å². The van der Waals surface area contributed by atoms with Gasteiger partial charge in [-0.15, -0.1) is 0 Å². The Balaban J connectivity index is 4.46. The molecule has 0 saturated heterocycles. The molecule has 0 bridgehead atoms. The molecule has 0 aromatic carbocycles. The predicted molar refractivity (Wildman–Crippen MR) is 250 cm³/mol. The SMILES string of the molecule is CCCCCCCCCCCCCCCCC(=O)OC(CCCCCCCCCCCCC)CC(=O)NC(CO)C(O)CCCCCCCCCCCCCCCC. The molecule has 3 unspecified atom stereocenters. The molecule has 3 atom stereocenters. The molecule has 3 N–H and O–H groups in total. The van der Waals surface area contributed by atoms with E-state index in [1.807, 2.05) is 0 Å². The summed E-state index contributed by atoms with van der Waals surface area (Å²) in [5.41, 5.74) is 0. The maximum atomic E-state index is 13.2. The molecule has 0 aliphatic carbocycles. The third-order valence-corrected chi connectivity index (χ3v) is 12.4. The summed E-state index contributed by atoms with van der Waals surface area (Å²) in [5, 5.41) is 23.8. The average Bonchev–Trinajstić information content (AvgIpc) is 3.22. The molecule has 1 amide bonds. The normalized spacial score (nSPS) is 13.1. The van der Waals surface area contributed by atoms with E-state index in [2.05, 4.69) is 26.1 Å². The number of esters is 1. The first kappa shape index (κ1) is 56.9. The minimum absolute atomic E-state index is 0.0876. The first-order valence-electron chi connectivity index (χ1n) is 26.3. The molecule has 0 fully saturated rings. The molecule has 0 aromatic rings. The number of aliphatic hydroxyl groups is 2. The lowest BCUT2D eigenvalue weighted by Gasteiger charge is -2.24. The largest absolute Gasteiger partial charge is 0.462 e. The van der Waals surface area contributed by atoms with Gasteiger partial charge in [0.2, 0.25) is 5.91 Å². The lowest BCUT2D eigenvalue weighted by molar-refractivity contribution is -0.151. The summed E-state index contributed by atoms with van der Waals surface area (Å²) in [6.07, 6.45) is 50.2. The summed E-state index contributed by atoms with van der Waals surface area (Å²) < 4.78 is 5.93. The summed E-state index contributed by atoms with van der Waals surface area (Å²) in [5.74, 6) is -0.451. The van der Waals surface area contributed by atoms with Crippen LogP contribution in [-0.4, -0.2) is 46.9 Å². The van der Waals surface area contributed by atoms with Crippen LogP contribution >= 0.6 is 0 Å². The standard InChI is InChI=1S/C52H103NO5/c1-4-7-10-13-16-19-22-24-26-29-32-35-38-41-44-50(55)49(47-54)53-51(56)46-48(43-40-37-34-31-28-21-18-15-12-9-6-3)58-52(57)45-42-39-36-33-30-27-25-23-20-17-14-11-8-5-2/h48-50,54-55H,4-47H2,1-3H3,(H,53,56). The summed E-state index contributed by atoms with van der Waals surface area (Å²) >= 11 is 0. The molecule has 0 aliphatic rings. The van der Waals surface area contributed by atoms with Crippen molar-refractivity contribution >= 4 is 11.9 Å². The lowest BCUT2D eigenvalue weighted by Crippen LogP contribution is -2.46. The van der Waals surface area contributed by atoms with E-state index in [1.54, 1.807) is 0 Å². The first-order valence-corrected chi connectivity index (χ1v) is 26.3. The van der Waals surface area contributed by atoms with Gasteiger partial charge in [0.15, 0.2) is 0 Å². The topological polar surface area (TPSA) is 95.9 Å². The minimum Gasteiger partial charge on any atom is -0.462 e. The van der Waals surface area contributed by atoms with E-state index in [9.17, 15) is 19.8 Å². The van der Waals surface area contributed by atoms with Crippen molar-refractivity contribution in [3.05, 3.63) is 0 Å². The van der Waals surface area contributed by atoms with Gasteiger partial charge in [-0.05, 0) is 25.7 Å². The number of carbonyl (C=O) groups excluding carboxylic acids is 2. The van der Waals surface area contributed by atoms with Crippen LogP contribution in [0.3, 0.4) is 0 Å². The Morgan fingerprint density at radius 2 is 0.724 bits per heavy atom. The minimum atomic E-state index is -0.778. The Labute approximate surface area is 362 Å². The number of carbonyl (C=O) groups is 2. The van der Waals surface area contributed by atoms with E-state index >= 15 is 0 Å². The lowest BCUT2D eigenvalue weighted by atomic mass is 10.0. The quantitative estimate of drug-likeness (QED) is 0.0420. The number of nitrogens with one attached hydrogen (secondary N) is 1. The van der Waals surface area contributed by atoms with Gasteiger partial charge in [0.25, 0.3) is 0 Å². The second kappa shape index (κ2) is 46.9. The van der Waals surface area contributed by atoms with Crippen LogP contribution < -0.4 is 5.32 Å². The number of hydrogen-bond acceptors (Lipinski definition) is 5. The Morgan fingerprint density at radius 1 is 0.431 bits per heavy atom. The van der Waals surface area contributed by atoms with Gasteiger partial charge in [0, 0.05) is 6.42 Å². The summed E-state index contributed by atoms with van der Waals surface area (Å²) in [6, 6.07) is -0.691. The molecule has 0 aliphatic heterocycles. The van der Waals surface area contributed by atoms with Crippen LogP contribution in [0.2, 0.25) is 0 Å². The monoisotopic (exact) mass is 822 g/mol. The van der Waals surface area contributed by atoms with Gasteiger partial charge >= 0.3 is 5.97 Å². The van der Waals surface area contributed by atoms with E-state index in [-0.39, 0.29) is 24.9 Å². The Kier molecular flexibility index (Phi) is 46.0. The van der Waals surface area contributed by atoms with Crippen LogP contribution in [0.1, 0.15) is 297 Å². The number of ether oxygens (including phenoxy) is 1. The zero-order chi connectivity index (χ0) is 42.4. The van der Waals surface area contributed by atoms with Gasteiger partial charge < -0.3 is 20.3 Å². The molecule has 346 valence electrons. The van der Waals surface area contributed by atoms with Crippen molar-refractivity contribution in [2.45, 2.75) is 315 Å². The summed E-state index contributed by atoms with van der Waals surface area (Å²) in [6.45, 7) is 6.51. The maximum Gasteiger partial charge on any atom is 0.306 e. The van der Waals surface area contributed by atoms with Crippen molar-refractivity contribution < 1.29 is 24.5 Å². The van der Waals surface area contributed by atoms with Gasteiger partial charge in [0.05, 0.1) is 25.2 Å². The van der Waals surface area contributed by atoms with Gasteiger partial charge in [-0.3, -0.25) is 9.59 Å². The highest BCUT2D eigenvalue weighted by molar-refractivity contribution is 5.77. The van der Waals surface area contributed by atoms with Gasteiger partial charge in [-0.25, -0.2) is 0 Å². The first-order chi connectivity index (χ1) is 28.5. The molecule has 0 radical (unpaired) electrons. The van der Waals surface area contributed by atoms with Crippen molar-refractivity contribution in [1.82, 2.24) is 5.32 Å². The van der Waals surface area contributed by atoms with E-state index in [1.165, 1.54) is 212 Å². The van der Waals surface area contributed by atoms with Crippen molar-refractivity contribution in [2.24, 2.45) is 0 Å². The van der Waals surface area contributed by atoms with Crippen molar-refractivity contribution in [3.63, 3.8) is 0 Å². The second-order valence-corrected chi connectivity index (χ2v) is 18.3. The van der Waals surface area contributed by atoms with E-state index in [0.717, 1.165) is 38.5 Å². The number of unbranched alkanes of at least 4 members (excludes halogenated alkanes) is 36. The molecule has 6 nitrogen and oxygen atoms in total. The maximum absolute atomic E-state index is 13.2. The smallest absolute Gasteiger partial charge is 0.306 e. The number of rotatable bonds is 48. The average molecular weight is 822 g/mol. The molecule has 6 heteroatoms. The molecule has 0 saturated carbocycles. The number of aliphatic hydroxyl groups excluding tert-OH is 2. The summed E-state index contributed by atoms with van der Waals surface area (Å²) in [7, 11) is 0. The van der Waals surface area contributed by atoms with Crippen LogP contribution in [0.4, 0.5) is 0 Å². The van der Waals surface area contributed by atoms with Crippen LogP contribution in [-0.2, 0) is 14.3 Å². The molecule has 0 aromatic heterocycles. The van der Waals surface area contributed by atoms with Gasteiger partial charge in [-0.2, -0.15) is 0 Å². The third-order valence-electron chi connectivity index (χ3n) is 12.4. The molecule has 0 spiro atoms. The van der Waals surface area contributed by atoms with Crippen LogP contribution in [0.15, 0.2) is 0 Å². The fourth-order valence-corrected chi connectivity index (χ4v) is 8.43. The number of hydrogen-bond donors (Lipinski definition) is 3. The van der Waals surface area contributed by atoms with Gasteiger partial charge in [0.1, 0.15) is 6.10 Å². The Hall–Kier alpha value is -1.14. The third kappa shape index (κ3) is 41.6. The fourth-order valence-electron chi connectivity index (χ4n) is 8.43. The van der Waals surface area contributed by atoms with E-state index in [0.29, 0.717) is 19.3 Å². The van der Waals surface area contributed by atoms with E-state index in [4.69, 9.17) is 4.74 Å². The van der Waals surface area contributed by atoms with Gasteiger partial charge in [-0.1, -0.05) is 258 Å². The Morgan fingerprint density at radius 3 is 1.05 bits per heavy atom. The highest BCUT2D eigenvalue weighted by atomic mass is 16.5. The summed E-state index contributed by atoms with van der Waals surface area (Å²) in [4.78, 5) is 26.1. The second-order valence-electron chi connectivity index (χ2n) is 18.3. The zero-order valence-electron chi connectivity index (χ0n) is 39.5. The molecular weight excluding hydrogens is 719 g/mol. The highest BCUT2D eigenvalue weighted by Crippen LogP contribution is 2.19. The number of amides is 1. The van der Waals surface area contributed by atoms with Crippen LogP contribution in [0.25, 0.3) is 0 Å². The molecule has 0 rings (SSSR count). The highest BCUT2D eigenvalue weighted by Gasteiger charge is 2.24. The van der Waals surface area contributed by atoms with Crippen LogP contribution in [0, 0.1) is 0 Å². The Bertz CT molecular complexity index is 837.